The number of aryl methyl sites for hydroxylation is 1. The monoisotopic (exact) mass is 265 g/mol. The number of rotatable bonds is 5. The van der Waals surface area contributed by atoms with Gasteiger partial charge in [-0.2, -0.15) is 5.10 Å². The van der Waals surface area contributed by atoms with Gasteiger partial charge in [0.25, 0.3) is 0 Å². The molecule has 1 atom stereocenters. The molecule has 0 aromatic carbocycles. The van der Waals surface area contributed by atoms with Crippen LogP contribution in [0, 0.1) is 6.92 Å². The van der Waals surface area contributed by atoms with Gasteiger partial charge >= 0.3 is 0 Å². The zero-order valence-corrected chi connectivity index (χ0v) is 12.0. The zero-order chi connectivity index (χ0) is 13.8. The summed E-state index contributed by atoms with van der Waals surface area (Å²) in [5.74, 6) is 1.82. The van der Waals surface area contributed by atoms with Gasteiger partial charge in [0.2, 0.25) is 5.91 Å². The van der Waals surface area contributed by atoms with E-state index in [9.17, 15) is 4.79 Å². The summed E-state index contributed by atoms with van der Waals surface area (Å²) in [6.07, 6.45) is 3.11. The van der Waals surface area contributed by atoms with Crippen LogP contribution in [0.3, 0.4) is 0 Å². The summed E-state index contributed by atoms with van der Waals surface area (Å²) in [4.78, 5) is 20.6. The summed E-state index contributed by atoms with van der Waals surface area (Å²) >= 11 is 0. The molecule has 2 rings (SSSR count). The lowest BCUT2D eigenvalue weighted by molar-refractivity contribution is -0.140. The number of hydrogen-bond acceptors (Lipinski definition) is 4. The largest absolute Gasteiger partial charge is 0.343 e. The highest BCUT2D eigenvalue weighted by Gasteiger charge is 2.32. The molecule has 6 nitrogen and oxygen atoms in total. The van der Waals surface area contributed by atoms with E-state index in [1.165, 1.54) is 0 Å². The van der Waals surface area contributed by atoms with Crippen LogP contribution in [0.4, 0.5) is 0 Å². The van der Waals surface area contributed by atoms with Crippen LogP contribution >= 0.6 is 0 Å². The molecule has 0 spiro atoms. The molecule has 106 valence electrons. The summed E-state index contributed by atoms with van der Waals surface area (Å²) in [5.41, 5.74) is 0. The Bertz CT molecular complexity index is 430. The van der Waals surface area contributed by atoms with E-state index in [0.29, 0.717) is 6.54 Å². The summed E-state index contributed by atoms with van der Waals surface area (Å²) in [6, 6.07) is -0.0162. The molecule has 1 saturated heterocycles. The van der Waals surface area contributed by atoms with Crippen LogP contribution in [-0.2, 0) is 11.3 Å². The lowest BCUT2D eigenvalue weighted by Crippen LogP contribution is -2.55. The Morgan fingerprint density at radius 2 is 2.21 bits per heavy atom. The average molecular weight is 265 g/mol. The van der Waals surface area contributed by atoms with Crippen LogP contribution in [0.5, 0.6) is 0 Å². The van der Waals surface area contributed by atoms with Crippen molar-refractivity contribution in [3.63, 3.8) is 0 Å². The molecule has 0 bridgehead atoms. The van der Waals surface area contributed by atoms with Crippen molar-refractivity contribution < 1.29 is 4.79 Å². The fourth-order valence-corrected chi connectivity index (χ4v) is 2.49. The third-order valence-corrected chi connectivity index (χ3v) is 3.64. The number of nitrogens with zero attached hydrogens (tertiary/aromatic N) is 4. The minimum atomic E-state index is -0.0162. The van der Waals surface area contributed by atoms with Crippen molar-refractivity contribution in [2.24, 2.45) is 0 Å². The lowest BCUT2D eigenvalue weighted by atomic mass is 10.0. The molecular formula is C13H23N5O. The molecule has 1 aliphatic rings. The number of amides is 1. The van der Waals surface area contributed by atoms with Gasteiger partial charge in [-0.25, -0.2) is 4.98 Å². The predicted octanol–water partition coefficient (Wildman–Crippen LogP) is 0.946. The van der Waals surface area contributed by atoms with Gasteiger partial charge in [-0.05, 0) is 13.3 Å². The molecule has 2 heterocycles. The number of carbonyl (C=O) groups excluding carboxylic acids is 1. The molecule has 0 saturated carbocycles. The minimum absolute atomic E-state index is 0.0162. The van der Waals surface area contributed by atoms with Crippen LogP contribution < -0.4 is 0 Å². The SMILES string of the molecule is CCCCC1C(=O)N(C)CCN1Cc1n[nH]c(C)n1. The molecule has 1 unspecified atom stereocenters. The van der Waals surface area contributed by atoms with Gasteiger partial charge in [-0.15, -0.1) is 0 Å². The number of unbranched alkanes of at least 4 members (excludes halogenated alkanes) is 1. The fraction of sp³-hybridized carbons (Fsp3) is 0.769. The molecule has 19 heavy (non-hydrogen) atoms. The van der Waals surface area contributed by atoms with Crippen LogP contribution in [0.15, 0.2) is 0 Å². The third kappa shape index (κ3) is 3.32. The van der Waals surface area contributed by atoms with Crippen LogP contribution in [0.2, 0.25) is 0 Å². The van der Waals surface area contributed by atoms with Crippen molar-refractivity contribution in [3.05, 3.63) is 11.6 Å². The highest BCUT2D eigenvalue weighted by atomic mass is 16.2. The average Bonchev–Trinajstić information content (AvgIpc) is 2.79. The Morgan fingerprint density at radius 3 is 2.84 bits per heavy atom. The first-order valence-electron chi connectivity index (χ1n) is 6.98. The first-order valence-corrected chi connectivity index (χ1v) is 6.98. The molecule has 1 aliphatic heterocycles. The molecule has 0 radical (unpaired) electrons. The number of aromatic amines is 1. The molecule has 0 aliphatic carbocycles. The number of piperazine rings is 1. The molecule has 6 heteroatoms. The van der Waals surface area contributed by atoms with Gasteiger partial charge < -0.3 is 4.90 Å². The number of nitrogens with one attached hydrogen (secondary N) is 1. The number of aromatic nitrogens is 3. The zero-order valence-electron chi connectivity index (χ0n) is 12.0. The van der Waals surface area contributed by atoms with E-state index in [0.717, 1.165) is 44.0 Å². The van der Waals surface area contributed by atoms with E-state index < -0.39 is 0 Å². The Kier molecular flexibility index (Phi) is 4.52. The second-order valence-corrected chi connectivity index (χ2v) is 5.23. The van der Waals surface area contributed by atoms with Crippen molar-refractivity contribution in [1.82, 2.24) is 25.0 Å². The van der Waals surface area contributed by atoms with Gasteiger partial charge in [0, 0.05) is 20.1 Å². The van der Waals surface area contributed by atoms with Crippen molar-refractivity contribution in [2.75, 3.05) is 20.1 Å². The quantitative estimate of drug-likeness (QED) is 0.860. The Balaban J connectivity index is 2.05. The highest BCUT2D eigenvalue weighted by Crippen LogP contribution is 2.17. The Labute approximate surface area is 114 Å². The van der Waals surface area contributed by atoms with Gasteiger partial charge in [0.1, 0.15) is 5.82 Å². The minimum Gasteiger partial charge on any atom is -0.343 e. The predicted molar refractivity (Wildman–Crippen MR) is 72.5 cm³/mol. The summed E-state index contributed by atoms with van der Waals surface area (Å²) in [6.45, 7) is 6.37. The molecular weight excluding hydrogens is 242 g/mol. The number of carbonyl (C=O) groups is 1. The molecule has 1 aromatic rings. The number of H-pyrrole nitrogens is 1. The van der Waals surface area contributed by atoms with Crippen LogP contribution in [0.25, 0.3) is 0 Å². The first-order chi connectivity index (χ1) is 9.11. The highest BCUT2D eigenvalue weighted by molar-refractivity contribution is 5.82. The second kappa shape index (κ2) is 6.14. The van der Waals surface area contributed by atoms with Crippen molar-refractivity contribution >= 4 is 5.91 Å². The van der Waals surface area contributed by atoms with E-state index >= 15 is 0 Å². The standard InChI is InChI=1S/C13H23N5O/c1-4-5-6-11-13(19)17(3)7-8-18(11)9-12-14-10(2)15-16-12/h11H,4-9H2,1-3H3,(H,14,15,16). The molecule has 1 fully saturated rings. The molecule has 1 aromatic heterocycles. The lowest BCUT2D eigenvalue weighted by Gasteiger charge is -2.38. The van der Waals surface area contributed by atoms with E-state index in [1.807, 2.05) is 18.9 Å². The van der Waals surface area contributed by atoms with Gasteiger partial charge in [0.15, 0.2) is 5.82 Å². The van der Waals surface area contributed by atoms with E-state index in [4.69, 9.17) is 0 Å². The van der Waals surface area contributed by atoms with Crippen LogP contribution in [-0.4, -0.2) is 57.1 Å². The van der Waals surface area contributed by atoms with E-state index in [-0.39, 0.29) is 11.9 Å². The topological polar surface area (TPSA) is 65.1 Å². The van der Waals surface area contributed by atoms with Crippen molar-refractivity contribution in [2.45, 2.75) is 45.7 Å². The number of likely N-dealkylation sites (N-methyl/N-ethyl adjacent to an activating group) is 1. The normalized spacial score (nSPS) is 21.1. The summed E-state index contributed by atoms with van der Waals surface area (Å²) in [5, 5.41) is 7.02. The summed E-state index contributed by atoms with van der Waals surface area (Å²) in [7, 11) is 1.88. The van der Waals surface area contributed by atoms with Gasteiger partial charge in [-0.1, -0.05) is 19.8 Å². The maximum Gasteiger partial charge on any atom is 0.239 e. The van der Waals surface area contributed by atoms with Crippen molar-refractivity contribution in [1.29, 1.82) is 0 Å². The fourth-order valence-electron chi connectivity index (χ4n) is 2.49. The van der Waals surface area contributed by atoms with Gasteiger partial charge in [0.05, 0.1) is 12.6 Å². The van der Waals surface area contributed by atoms with E-state index in [2.05, 4.69) is 27.0 Å². The van der Waals surface area contributed by atoms with Crippen LogP contribution in [0.1, 0.15) is 37.8 Å². The molecule has 1 N–H and O–H groups in total. The molecule has 1 amide bonds. The smallest absolute Gasteiger partial charge is 0.239 e. The maximum absolute atomic E-state index is 12.3. The summed E-state index contributed by atoms with van der Waals surface area (Å²) < 4.78 is 0. The van der Waals surface area contributed by atoms with Crippen molar-refractivity contribution in [3.8, 4) is 0 Å². The third-order valence-electron chi connectivity index (χ3n) is 3.64. The Hall–Kier alpha value is -1.43. The number of hydrogen-bond donors (Lipinski definition) is 1. The van der Waals surface area contributed by atoms with E-state index in [1.54, 1.807) is 0 Å². The second-order valence-electron chi connectivity index (χ2n) is 5.23. The Morgan fingerprint density at radius 1 is 1.42 bits per heavy atom. The van der Waals surface area contributed by atoms with Gasteiger partial charge in [-0.3, -0.25) is 14.8 Å². The maximum atomic E-state index is 12.3. The first kappa shape index (κ1) is 14.0.